The van der Waals surface area contributed by atoms with Crippen LogP contribution in [0.2, 0.25) is 0 Å². The summed E-state index contributed by atoms with van der Waals surface area (Å²) in [4.78, 5) is 30.9. The van der Waals surface area contributed by atoms with Gasteiger partial charge >= 0.3 is 5.97 Å². The molecular weight excluding hydrogens is 356 g/mol. The number of carbonyl (C=O) groups is 2. The second-order valence-corrected chi connectivity index (χ2v) is 6.45. The highest BCUT2D eigenvalue weighted by Crippen LogP contribution is 2.14. The second-order valence-electron chi connectivity index (χ2n) is 6.45. The van der Waals surface area contributed by atoms with E-state index in [0.29, 0.717) is 17.9 Å². The van der Waals surface area contributed by atoms with E-state index in [4.69, 9.17) is 4.74 Å². The Hall–Kier alpha value is -3.48. The van der Waals surface area contributed by atoms with Crippen molar-refractivity contribution in [1.29, 1.82) is 0 Å². The van der Waals surface area contributed by atoms with Gasteiger partial charge in [0.2, 0.25) is 0 Å². The summed E-state index contributed by atoms with van der Waals surface area (Å²) in [5, 5.41) is 4.13. The molecule has 1 unspecified atom stereocenters. The molecule has 0 aliphatic rings. The molecule has 7 nitrogen and oxygen atoms in total. The molecule has 2 aromatic heterocycles. The summed E-state index contributed by atoms with van der Waals surface area (Å²) in [6, 6.07) is 14.9. The summed E-state index contributed by atoms with van der Waals surface area (Å²) in [5.74, 6) is -0.356. The standard InChI is InChI=1S/C21H22N4O3/c1-16(21(27)28-2)14-24(15-17-7-4-3-5-8-17)20(26)18-9-10-19(22-13-18)25-12-6-11-23-25/h3-13,16H,14-15H2,1-2H3. The summed E-state index contributed by atoms with van der Waals surface area (Å²) in [6.07, 6.45) is 4.97. The van der Waals surface area contributed by atoms with Gasteiger partial charge < -0.3 is 9.64 Å². The van der Waals surface area contributed by atoms with E-state index in [1.165, 1.54) is 13.3 Å². The van der Waals surface area contributed by atoms with Crippen LogP contribution in [0.3, 0.4) is 0 Å². The average Bonchev–Trinajstić information content (AvgIpc) is 3.28. The number of aromatic nitrogens is 3. The Kier molecular flexibility index (Phi) is 6.16. The fourth-order valence-electron chi connectivity index (χ4n) is 2.86. The fourth-order valence-corrected chi connectivity index (χ4v) is 2.86. The normalized spacial score (nSPS) is 11.6. The van der Waals surface area contributed by atoms with E-state index in [1.54, 1.807) is 47.1 Å². The van der Waals surface area contributed by atoms with Gasteiger partial charge in [0.1, 0.15) is 0 Å². The first-order valence-corrected chi connectivity index (χ1v) is 8.95. The van der Waals surface area contributed by atoms with Crippen LogP contribution < -0.4 is 0 Å². The molecule has 144 valence electrons. The van der Waals surface area contributed by atoms with Crippen molar-refractivity contribution in [1.82, 2.24) is 19.7 Å². The number of ether oxygens (including phenoxy) is 1. The zero-order valence-corrected chi connectivity index (χ0v) is 15.9. The van der Waals surface area contributed by atoms with Gasteiger partial charge in [-0.25, -0.2) is 9.67 Å². The largest absolute Gasteiger partial charge is 0.469 e. The van der Waals surface area contributed by atoms with Crippen LogP contribution in [0.25, 0.3) is 5.82 Å². The highest BCUT2D eigenvalue weighted by molar-refractivity contribution is 5.94. The van der Waals surface area contributed by atoms with Crippen LogP contribution in [-0.2, 0) is 16.1 Å². The van der Waals surface area contributed by atoms with Crippen molar-refractivity contribution in [3.63, 3.8) is 0 Å². The lowest BCUT2D eigenvalue weighted by molar-refractivity contribution is -0.145. The van der Waals surface area contributed by atoms with Crippen molar-refractivity contribution in [2.24, 2.45) is 5.92 Å². The van der Waals surface area contributed by atoms with E-state index < -0.39 is 5.92 Å². The number of hydrogen-bond acceptors (Lipinski definition) is 5. The third-order valence-electron chi connectivity index (χ3n) is 4.34. The third-order valence-corrected chi connectivity index (χ3v) is 4.34. The lowest BCUT2D eigenvalue weighted by Crippen LogP contribution is -2.37. The molecule has 0 radical (unpaired) electrons. The molecular formula is C21H22N4O3. The summed E-state index contributed by atoms with van der Waals surface area (Å²) < 4.78 is 6.43. The van der Waals surface area contributed by atoms with E-state index in [9.17, 15) is 9.59 Å². The molecule has 28 heavy (non-hydrogen) atoms. The fraction of sp³-hybridized carbons (Fsp3) is 0.238. The van der Waals surface area contributed by atoms with Crippen molar-refractivity contribution in [2.75, 3.05) is 13.7 Å². The Labute approximate surface area is 163 Å². The molecule has 7 heteroatoms. The van der Waals surface area contributed by atoms with Crippen LogP contribution in [0.5, 0.6) is 0 Å². The minimum Gasteiger partial charge on any atom is -0.469 e. The van der Waals surface area contributed by atoms with E-state index in [-0.39, 0.29) is 18.4 Å². The van der Waals surface area contributed by atoms with Crippen LogP contribution >= 0.6 is 0 Å². The van der Waals surface area contributed by atoms with Gasteiger partial charge in [-0.1, -0.05) is 37.3 Å². The zero-order valence-electron chi connectivity index (χ0n) is 15.9. The van der Waals surface area contributed by atoms with Gasteiger partial charge in [0.05, 0.1) is 18.6 Å². The molecule has 0 aliphatic carbocycles. The van der Waals surface area contributed by atoms with Crippen LogP contribution in [0.1, 0.15) is 22.8 Å². The molecule has 0 bridgehead atoms. The van der Waals surface area contributed by atoms with Crippen LogP contribution in [0, 0.1) is 5.92 Å². The lowest BCUT2D eigenvalue weighted by Gasteiger charge is -2.25. The number of pyridine rings is 1. The monoisotopic (exact) mass is 378 g/mol. The molecule has 0 N–H and O–H groups in total. The Morgan fingerprint density at radius 2 is 1.93 bits per heavy atom. The van der Waals surface area contributed by atoms with E-state index >= 15 is 0 Å². The minimum absolute atomic E-state index is 0.195. The molecule has 1 aromatic carbocycles. The molecule has 0 fully saturated rings. The number of hydrogen-bond donors (Lipinski definition) is 0. The van der Waals surface area contributed by atoms with E-state index in [2.05, 4.69) is 10.1 Å². The minimum atomic E-state index is -0.436. The molecule has 3 aromatic rings. The molecule has 1 amide bonds. The summed E-state index contributed by atoms with van der Waals surface area (Å²) in [6.45, 7) is 2.39. The quantitative estimate of drug-likeness (QED) is 0.591. The maximum absolute atomic E-state index is 13.1. The average molecular weight is 378 g/mol. The van der Waals surface area contributed by atoms with Crippen molar-refractivity contribution >= 4 is 11.9 Å². The van der Waals surface area contributed by atoms with Crippen molar-refractivity contribution in [3.8, 4) is 5.82 Å². The zero-order chi connectivity index (χ0) is 19.9. The SMILES string of the molecule is COC(=O)C(C)CN(Cc1ccccc1)C(=O)c1ccc(-n2cccn2)nc1. The molecule has 0 aliphatic heterocycles. The Morgan fingerprint density at radius 3 is 2.54 bits per heavy atom. The Bertz CT molecular complexity index is 909. The first-order valence-electron chi connectivity index (χ1n) is 8.95. The van der Waals surface area contributed by atoms with Crippen LogP contribution in [-0.4, -0.2) is 45.2 Å². The van der Waals surface area contributed by atoms with Crippen LogP contribution in [0.4, 0.5) is 0 Å². The molecule has 0 saturated heterocycles. The van der Waals surface area contributed by atoms with Crippen molar-refractivity contribution < 1.29 is 14.3 Å². The molecule has 0 saturated carbocycles. The molecule has 2 heterocycles. The lowest BCUT2D eigenvalue weighted by atomic mass is 10.1. The highest BCUT2D eigenvalue weighted by Gasteiger charge is 2.23. The van der Waals surface area contributed by atoms with E-state index in [0.717, 1.165) is 5.56 Å². The topological polar surface area (TPSA) is 77.3 Å². The number of amides is 1. The third kappa shape index (κ3) is 4.62. The summed E-state index contributed by atoms with van der Waals surface area (Å²) in [5.41, 5.74) is 1.43. The maximum atomic E-state index is 13.1. The summed E-state index contributed by atoms with van der Waals surface area (Å²) in [7, 11) is 1.35. The van der Waals surface area contributed by atoms with Crippen LogP contribution in [0.15, 0.2) is 67.1 Å². The first kappa shape index (κ1) is 19.3. The molecule has 3 rings (SSSR count). The smallest absolute Gasteiger partial charge is 0.310 e. The number of carbonyl (C=O) groups excluding carboxylic acids is 2. The summed E-state index contributed by atoms with van der Waals surface area (Å²) >= 11 is 0. The predicted molar refractivity (Wildman–Crippen MR) is 104 cm³/mol. The highest BCUT2D eigenvalue weighted by atomic mass is 16.5. The number of nitrogens with zero attached hydrogens (tertiary/aromatic N) is 4. The van der Waals surface area contributed by atoms with Gasteiger partial charge in [-0.3, -0.25) is 9.59 Å². The predicted octanol–water partition coefficient (Wildman–Crippen LogP) is 2.72. The van der Waals surface area contributed by atoms with E-state index in [1.807, 2.05) is 30.3 Å². The van der Waals surface area contributed by atoms with Gasteiger partial charge in [-0.05, 0) is 23.8 Å². The number of esters is 1. The maximum Gasteiger partial charge on any atom is 0.310 e. The van der Waals surface area contributed by atoms with Crippen molar-refractivity contribution in [3.05, 3.63) is 78.2 Å². The van der Waals surface area contributed by atoms with Gasteiger partial charge in [0.15, 0.2) is 5.82 Å². The second kappa shape index (κ2) is 8.94. The number of benzene rings is 1. The van der Waals surface area contributed by atoms with Crippen molar-refractivity contribution in [2.45, 2.75) is 13.5 Å². The van der Waals surface area contributed by atoms with Gasteiger partial charge in [0.25, 0.3) is 5.91 Å². The van der Waals surface area contributed by atoms with Gasteiger partial charge in [-0.15, -0.1) is 0 Å². The first-order chi connectivity index (χ1) is 13.6. The number of methoxy groups -OCH3 is 1. The van der Waals surface area contributed by atoms with Gasteiger partial charge in [-0.2, -0.15) is 5.10 Å². The number of rotatable bonds is 7. The Balaban J connectivity index is 1.81. The Morgan fingerprint density at radius 1 is 1.14 bits per heavy atom. The molecule has 0 spiro atoms. The molecule has 1 atom stereocenters. The van der Waals surface area contributed by atoms with Gasteiger partial charge in [0, 0.05) is 31.7 Å².